The van der Waals surface area contributed by atoms with Crippen LogP contribution in [0, 0.1) is 6.92 Å². The number of carbonyl (C=O) groups excluding carboxylic acids is 1. The van der Waals surface area contributed by atoms with Crippen molar-refractivity contribution in [3.05, 3.63) is 54.1 Å². The van der Waals surface area contributed by atoms with Crippen molar-refractivity contribution in [3.63, 3.8) is 0 Å². The van der Waals surface area contributed by atoms with Crippen molar-refractivity contribution < 1.29 is 14.1 Å². The Hall–Kier alpha value is -1.52. The Labute approximate surface area is 108 Å². The summed E-state index contributed by atoms with van der Waals surface area (Å²) in [5.74, 6) is -0.114. The van der Waals surface area contributed by atoms with Gasteiger partial charge in [-0.3, -0.25) is 9.00 Å². The number of allylic oxidation sites excluding steroid dienone is 2. The Morgan fingerprint density at radius 2 is 1.72 bits per heavy atom. The van der Waals surface area contributed by atoms with E-state index in [4.69, 9.17) is 0 Å². The van der Waals surface area contributed by atoms with E-state index in [0.29, 0.717) is 4.90 Å². The summed E-state index contributed by atoms with van der Waals surface area (Å²) < 4.78 is 12.1. The first-order valence-corrected chi connectivity index (χ1v) is 6.90. The molecule has 0 heterocycles. The maximum Gasteiger partial charge on any atom is 0.178 e. The fourth-order valence-corrected chi connectivity index (χ4v) is 2.86. The average molecular weight is 262 g/mol. The molecule has 1 aromatic rings. The summed E-state index contributed by atoms with van der Waals surface area (Å²) in [6.45, 7) is 1.96. The van der Waals surface area contributed by atoms with Gasteiger partial charge in [0.15, 0.2) is 5.78 Å². The minimum Gasteiger partial charge on any atom is -0.381 e. The van der Waals surface area contributed by atoms with E-state index in [1.807, 2.05) is 19.1 Å². The van der Waals surface area contributed by atoms with Crippen LogP contribution in [0.3, 0.4) is 0 Å². The maximum absolute atomic E-state index is 12.1. The van der Waals surface area contributed by atoms with Crippen LogP contribution >= 0.6 is 0 Å². The van der Waals surface area contributed by atoms with E-state index in [1.54, 1.807) is 12.1 Å². The fourth-order valence-electron chi connectivity index (χ4n) is 1.64. The van der Waals surface area contributed by atoms with Gasteiger partial charge in [0.05, 0.1) is 16.6 Å². The lowest BCUT2D eigenvalue weighted by atomic mass is 10.0. The monoisotopic (exact) mass is 262 g/mol. The molecule has 3 nitrogen and oxygen atoms in total. The normalized spacial score (nSPS) is 18.9. The van der Waals surface area contributed by atoms with Gasteiger partial charge in [-0.05, 0) is 43.4 Å². The molecule has 0 saturated carbocycles. The first-order chi connectivity index (χ1) is 8.48. The molecule has 0 spiro atoms. The van der Waals surface area contributed by atoms with Crippen molar-refractivity contribution in [2.45, 2.75) is 17.4 Å². The van der Waals surface area contributed by atoms with E-state index in [1.165, 1.54) is 24.3 Å². The summed E-state index contributed by atoms with van der Waals surface area (Å²) >= 11 is 0. The minimum absolute atomic E-state index is 0.0519. The smallest absolute Gasteiger partial charge is 0.178 e. The highest BCUT2D eigenvalue weighted by Gasteiger charge is 2.26. The Kier molecular flexibility index (Phi) is 3.59. The number of aliphatic hydroxyl groups is 1. The van der Waals surface area contributed by atoms with Gasteiger partial charge in [0.1, 0.15) is 5.60 Å². The Morgan fingerprint density at radius 1 is 1.17 bits per heavy atom. The predicted molar refractivity (Wildman–Crippen MR) is 70.7 cm³/mol. The lowest BCUT2D eigenvalue weighted by molar-refractivity contribution is -0.110. The molecule has 0 aromatic heterocycles. The van der Waals surface area contributed by atoms with Crippen molar-refractivity contribution in [2.24, 2.45) is 0 Å². The average Bonchev–Trinajstić information content (AvgIpc) is 2.34. The molecular formula is C14H14O3S. The highest BCUT2D eigenvalue weighted by atomic mass is 32.2. The third-order valence-corrected chi connectivity index (χ3v) is 4.24. The van der Waals surface area contributed by atoms with Crippen molar-refractivity contribution in [2.75, 3.05) is 5.75 Å². The van der Waals surface area contributed by atoms with Crippen molar-refractivity contribution in [3.8, 4) is 0 Å². The molecule has 94 valence electrons. The van der Waals surface area contributed by atoms with Crippen LogP contribution in [0.15, 0.2) is 53.5 Å². The van der Waals surface area contributed by atoms with Crippen LogP contribution in [0.2, 0.25) is 0 Å². The van der Waals surface area contributed by atoms with E-state index < -0.39 is 16.4 Å². The highest BCUT2D eigenvalue weighted by Crippen LogP contribution is 2.19. The van der Waals surface area contributed by atoms with Gasteiger partial charge < -0.3 is 5.11 Å². The summed E-state index contributed by atoms with van der Waals surface area (Å²) in [4.78, 5) is 11.7. The van der Waals surface area contributed by atoms with Gasteiger partial charge in [-0.15, -0.1) is 0 Å². The predicted octanol–water partition coefficient (Wildman–Crippen LogP) is 1.53. The van der Waals surface area contributed by atoms with Crippen LogP contribution in [0.1, 0.15) is 5.56 Å². The van der Waals surface area contributed by atoms with E-state index in [0.717, 1.165) is 5.56 Å². The molecule has 0 fully saturated rings. The van der Waals surface area contributed by atoms with Crippen LogP contribution in [0.4, 0.5) is 0 Å². The Morgan fingerprint density at radius 3 is 2.28 bits per heavy atom. The fraction of sp³-hybridized carbons (Fsp3) is 0.214. The topological polar surface area (TPSA) is 54.4 Å². The van der Waals surface area contributed by atoms with E-state index >= 15 is 0 Å². The summed E-state index contributed by atoms with van der Waals surface area (Å²) in [5.41, 5.74) is -0.207. The quantitative estimate of drug-likeness (QED) is 0.898. The van der Waals surface area contributed by atoms with Crippen LogP contribution in [0.25, 0.3) is 0 Å². The van der Waals surface area contributed by atoms with Crippen LogP contribution in [-0.4, -0.2) is 26.5 Å². The highest BCUT2D eigenvalue weighted by molar-refractivity contribution is 7.85. The molecule has 18 heavy (non-hydrogen) atoms. The van der Waals surface area contributed by atoms with Crippen LogP contribution < -0.4 is 0 Å². The molecule has 1 aliphatic carbocycles. The number of carbonyl (C=O) groups is 1. The molecule has 4 heteroatoms. The Bertz CT molecular complexity index is 525. The van der Waals surface area contributed by atoms with Gasteiger partial charge in [-0.2, -0.15) is 0 Å². The second-order valence-corrected chi connectivity index (χ2v) is 5.81. The lowest BCUT2D eigenvalue weighted by Gasteiger charge is -2.21. The molecule has 1 aliphatic rings. The third-order valence-electron chi connectivity index (χ3n) is 2.72. The molecule has 0 amide bonds. The molecule has 2 rings (SSSR count). The van der Waals surface area contributed by atoms with Crippen LogP contribution in [-0.2, 0) is 15.6 Å². The van der Waals surface area contributed by atoms with E-state index in [2.05, 4.69) is 0 Å². The second kappa shape index (κ2) is 5.00. The summed E-state index contributed by atoms with van der Waals surface area (Å²) in [6.07, 6.45) is 5.38. The lowest BCUT2D eigenvalue weighted by Crippen LogP contribution is -2.32. The molecule has 1 aromatic carbocycles. The van der Waals surface area contributed by atoms with Gasteiger partial charge in [0.25, 0.3) is 0 Å². The standard InChI is InChI=1S/C14H14O3S/c1-11-2-4-13(5-3-11)18(17)10-14(16)8-6-12(15)7-9-14/h2-9,16H,10H2,1H3. The van der Waals surface area contributed by atoms with Crippen LogP contribution in [0.5, 0.6) is 0 Å². The SMILES string of the molecule is Cc1ccc(S(=O)CC2(O)C=CC(=O)C=C2)cc1. The molecule has 0 radical (unpaired) electrons. The van der Waals surface area contributed by atoms with E-state index in [9.17, 15) is 14.1 Å². The zero-order valence-corrected chi connectivity index (χ0v) is 10.8. The molecule has 0 saturated heterocycles. The molecule has 0 aliphatic heterocycles. The Balaban J connectivity index is 2.12. The second-order valence-electron chi connectivity index (χ2n) is 4.36. The largest absolute Gasteiger partial charge is 0.381 e. The number of ketones is 1. The van der Waals surface area contributed by atoms with E-state index in [-0.39, 0.29) is 11.5 Å². The zero-order chi connectivity index (χ0) is 13.2. The van der Waals surface area contributed by atoms with Gasteiger partial charge in [-0.1, -0.05) is 17.7 Å². The molecular weight excluding hydrogens is 248 g/mol. The number of hydrogen-bond donors (Lipinski definition) is 1. The number of rotatable bonds is 3. The molecule has 1 unspecified atom stereocenters. The molecule has 0 bridgehead atoms. The summed E-state index contributed by atoms with van der Waals surface area (Å²) in [6, 6.07) is 7.34. The first-order valence-electron chi connectivity index (χ1n) is 5.58. The van der Waals surface area contributed by atoms with Gasteiger partial charge >= 0.3 is 0 Å². The summed E-state index contributed by atoms with van der Waals surface area (Å²) in [5, 5.41) is 10.2. The van der Waals surface area contributed by atoms with Crippen molar-refractivity contribution >= 4 is 16.6 Å². The number of hydrogen-bond acceptors (Lipinski definition) is 3. The molecule has 1 atom stereocenters. The third kappa shape index (κ3) is 3.03. The first kappa shape index (κ1) is 12.9. The molecule has 1 N–H and O–H groups in total. The summed E-state index contributed by atoms with van der Waals surface area (Å²) in [7, 11) is -1.30. The van der Waals surface area contributed by atoms with Gasteiger partial charge in [-0.25, -0.2) is 0 Å². The number of benzene rings is 1. The van der Waals surface area contributed by atoms with Gasteiger partial charge in [0, 0.05) is 4.90 Å². The minimum atomic E-state index is -1.30. The van der Waals surface area contributed by atoms with Gasteiger partial charge in [0.2, 0.25) is 0 Å². The zero-order valence-electron chi connectivity index (χ0n) is 10.00. The van der Waals surface area contributed by atoms with Crippen molar-refractivity contribution in [1.82, 2.24) is 0 Å². The maximum atomic E-state index is 12.1. The number of aryl methyl sites for hydroxylation is 1. The van der Waals surface area contributed by atoms with Crippen molar-refractivity contribution in [1.29, 1.82) is 0 Å².